The van der Waals surface area contributed by atoms with E-state index in [0.29, 0.717) is 11.6 Å². The SMILES string of the molecule is C/C=C/CC(NC(=O)Cc1c(C)nn(-c2nc(C)cc(C)n2)c1C)C(=O)O. The van der Waals surface area contributed by atoms with Crippen LogP contribution in [0, 0.1) is 27.7 Å². The van der Waals surface area contributed by atoms with Crippen LogP contribution in [-0.2, 0) is 16.0 Å². The predicted molar refractivity (Wildman–Crippen MR) is 101 cm³/mol. The number of nitrogens with zero attached hydrogens (tertiary/aromatic N) is 4. The average Bonchev–Trinajstić information content (AvgIpc) is 2.85. The quantitative estimate of drug-likeness (QED) is 0.720. The Morgan fingerprint density at radius 3 is 2.41 bits per heavy atom. The molecule has 0 radical (unpaired) electrons. The minimum absolute atomic E-state index is 0.0437. The molecule has 0 fully saturated rings. The molecule has 8 nitrogen and oxygen atoms in total. The first kappa shape index (κ1) is 20.3. The normalized spacial score (nSPS) is 12.3. The lowest BCUT2D eigenvalue weighted by molar-refractivity contribution is -0.141. The van der Waals surface area contributed by atoms with Gasteiger partial charge in [-0.15, -0.1) is 0 Å². The summed E-state index contributed by atoms with van der Waals surface area (Å²) in [5, 5.41) is 16.3. The number of aromatic nitrogens is 4. The molecule has 2 aromatic rings. The zero-order valence-electron chi connectivity index (χ0n) is 16.3. The summed E-state index contributed by atoms with van der Waals surface area (Å²) in [6.45, 7) is 9.22. The molecule has 0 aliphatic heterocycles. The monoisotopic (exact) mass is 371 g/mol. The molecule has 0 bridgehead atoms. The first-order chi connectivity index (χ1) is 12.7. The molecule has 1 atom stereocenters. The van der Waals surface area contributed by atoms with Crippen LogP contribution in [0.1, 0.15) is 41.7 Å². The number of carboxylic acid groups (broad SMARTS) is 1. The highest BCUT2D eigenvalue weighted by molar-refractivity contribution is 5.85. The fourth-order valence-corrected chi connectivity index (χ4v) is 2.83. The Morgan fingerprint density at radius 2 is 1.85 bits per heavy atom. The Kier molecular flexibility index (Phi) is 6.44. The second kappa shape index (κ2) is 8.57. The third-order valence-corrected chi connectivity index (χ3v) is 4.18. The molecule has 1 unspecified atom stereocenters. The number of allylic oxidation sites excluding steroid dienone is 1. The minimum Gasteiger partial charge on any atom is -0.480 e. The van der Waals surface area contributed by atoms with Gasteiger partial charge in [0.1, 0.15) is 6.04 Å². The fraction of sp³-hybridized carbons (Fsp3) is 0.421. The molecule has 2 aromatic heterocycles. The summed E-state index contributed by atoms with van der Waals surface area (Å²) < 4.78 is 1.62. The first-order valence-corrected chi connectivity index (χ1v) is 8.74. The predicted octanol–water partition coefficient (Wildman–Crippen LogP) is 1.97. The molecular weight excluding hydrogens is 346 g/mol. The number of amides is 1. The first-order valence-electron chi connectivity index (χ1n) is 8.74. The molecule has 144 valence electrons. The van der Waals surface area contributed by atoms with Gasteiger partial charge < -0.3 is 10.4 Å². The Bertz CT molecular complexity index is 865. The van der Waals surface area contributed by atoms with E-state index in [1.165, 1.54) is 0 Å². The highest BCUT2D eigenvalue weighted by Gasteiger charge is 2.22. The van der Waals surface area contributed by atoms with Gasteiger partial charge in [0.25, 0.3) is 5.95 Å². The van der Waals surface area contributed by atoms with Crippen molar-refractivity contribution in [2.45, 2.75) is 53.5 Å². The van der Waals surface area contributed by atoms with Crippen LogP contribution in [0.25, 0.3) is 5.95 Å². The molecular formula is C19H25N5O3. The van der Waals surface area contributed by atoms with Crippen molar-refractivity contribution in [2.75, 3.05) is 0 Å². The molecule has 0 aliphatic carbocycles. The summed E-state index contributed by atoms with van der Waals surface area (Å²) in [7, 11) is 0. The van der Waals surface area contributed by atoms with Gasteiger partial charge in [-0.05, 0) is 47.1 Å². The fourth-order valence-electron chi connectivity index (χ4n) is 2.83. The van der Waals surface area contributed by atoms with E-state index in [1.54, 1.807) is 23.8 Å². The topological polar surface area (TPSA) is 110 Å². The van der Waals surface area contributed by atoms with Crippen LogP contribution in [0.5, 0.6) is 0 Å². The van der Waals surface area contributed by atoms with Crippen molar-refractivity contribution in [3.8, 4) is 5.95 Å². The van der Waals surface area contributed by atoms with Crippen molar-refractivity contribution in [3.63, 3.8) is 0 Å². The van der Waals surface area contributed by atoms with Crippen LogP contribution in [0.4, 0.5) is 0 Å². The summed E-state index contributed by atoms with van der Waals surface area (Å²) in [6.07, 6.45) is 3.75. The van der Waals surface area contributed by atoms with Gasteiger partial charge in [-0.2, -0.15) is 5.10 Å². The lowest BCUT2D eigenvalue weighted by Crippen LogP contribution is -2.41. The van der Waals surface area contributed by atoms with Crippen molar-refractivity contribution in [3.05, 3.63) is 46.6 Å². The van der Waals surface area contributed by atoms with E-state index in [-0.39, 0.29) is 18.7 Å². The third kappa shape index (κ3) is 4.99. The highest BCUT2D eigenvalue weighted by atomic mass is 16.4. The van der Waals surface area contributed by atoms with Gasteiger partial charge in [-0.25, -0.2) is 19.4 Å². The molecule has 0 saturated carbocycles. The average molecular weight is 371 g/mol. The second-order valence-corrected chi connectivity index (χ2v) is 6.45. The molecule has 1 amide bonds. The Morgan fingerprint density at radius 1 is 1.22 bits per heavy atom. The van der Waals surface area contributed by atoms with Gasteiger partial charge in [-0.3, -0.25) is 4.79 Å². The van der Waals surface area contributed by atoms with Crippen LogP contribution >= 0.6 is 0 Å². The van der Waals surface area contributed by atoms with E-state index in [2.05, 4.69) is 20.4 Å². The van der Waals surface area contributed by atoms with E-state index in [0.717, 1.165) is 22.6 Å². The van der Waals surface area contributed by atoms with Gasteiger partial charge in [0.05, 0.1) is 12.1 Å². The Balaban J connectivity index is 2.23. The molecule has 0 aromatic carbocycles. The highest BCUT2D eigenvalue weighted by Crippen LogP contribution is 2.17. The molecule has 0 aliphatic rings. The number of nitrogens with one attached hydrogen (secondary N) is 1. The number of carboxylic acids is 1. The smallest absolute Gasteiger partial charge is 0.326 e. The Labute approximate surface area is 158 Å². The molecule has 8 heteroatoms. The minimum atomic E-state index is -1.06. The van der Waals surface area contributed by atoms with E-state index in [9.17, 15) is 14.7 Å². The molecule has 0 spiro atoms. The van der Waals surface area contributed by atoms with Crippen molar-refractivity contribution >= 4 is 11.9 Å². The number of hydrogen-bond donors (Lipinski definition) is 2. The maximum absolute atomic E-state index is 12.4. The van der Waals surface area contributed by atoms with Crippen LogP contribution < -0.4 is 5.32 Å². The third-order valence-electron chi connectivity index (χ3n) is 4.18. The van der Waals surface area contributed by atoms with Crippen LogP contribution in [0.2, 0.25) is 0 Å². The maximum Gasteiger partial charge on any atom is 0.326 e. The van der Waals surface area contributed by atoms with Gasteiger partial charge >= 0.3 is 5.97 Å². The zero-order valence-corrected chi connectivity index (χ0v) is 16.3. The largest absolute Gasteiger partial charge is 0.480 e. The molecule has 2 N–H and O–H groups in total. The van der Waals surface area contributed by atoms with Crippen molar-refractivity contribution in [1.82, 2.24) is 25.1 Å². The standard InChI is InChI=1S/C19H25N5O3/c1-6-7-8-16(18(26)27)22-17(25)10-15-13(4)23-24(14(15)5)19-20-11(2)9-12(3)21-19/h6-7,9,16H,8,10H2,1-5H3,(H,22,25)(H,26,27)/b7-6+. The number of carbonyl (C=O) groups excluding carboxylic acids is 1. The van der Waals surface area contributed by atoms with Crippen LogP contribution in [0.15, 0.2) is 18.2 Å². The van der Waals surface area contributed by atoms with E-state index in [1.807, 2.05) is 33.8 Å². The van der Waals surface area contributed by atoms with Gasteiger partial charge in [0, 0.05) is 22.6 Å². The number of rotatable bonds is 7. The van der Waals surface area contributed by atoms with E-state index < -0.39 is 12.0 Å². The molecule has 2 heterocycles. The van der Waals surface area contributed by atoms with Gasteiger partial charge in [0.2, 0.25) is 5.91 Å². The van der Waals surface area contributed by atoms with Crippen molar-refractivity contribution < 1.29 is 14.7 Å². The van der Waals surface area contributed by atoms with Gasteiger partial charge in [0.15, 0.2) is 0 Å². The zero-order chi connectivity index (χ0) is 20.1. The second-order valence-electron chi connectivity index (χ2n) is 6.45. The summed E-state index contributed by atoms with van der Waals surface area (Å²) >= 11 is 0. The maximum atomic E-state index is 12.4. The summed E-state index contributed by atoms with van der Waals surface area (Å²) in [5.74, 6) is -0.968. The lowest BCUT2D eigenvalue weighted by Gasteiger charge is -2.13. The summed E-state index contributed by atoms with van der Waals surface area (Å²) in [4.78, 5) is 32.5. The number of aryl methyl sites for hydroxylation is 3. The van der Waals surface area contributed by atoms with E-state index in [4.69, 9.17) is 0 Å². The number of hydrogen-bond acceptors (Lipinski definition) is 5. The lowest BCUT2D eigenvalue weighted by atomic mass is 10.1. The van der Waals surface area contributed by atoms with Crippen molar-refractivity contribution in [1.29, 1.82) is 0 Å². The van der Waals surface area contributed by atoms with Crippen LogP contribution in [-0.4, -0.2) is 42.8 Å². The molecule has 27 heavy (non-hydrogen) atoms. The van der Waals surface area contributed by atoms with E-state index >= 15 is 0 Å². The van der Waals surface area contributed by atoms with Crippen molar-refractivity contribution in [2.24, 2.45) is 0 Å². The Hall–Kier alpha value is -3.03. The summed E-state index contributed by atoms with van der Waals surface area (Å²) in [6, 6.07) is 0.924. The summed E-state index contributed by atoms with van der Waals surface area (Å²) in [5.41, 5.74) is 3.85. The molecule has 0 saturated heterocycles. The molecule has 2 rings (SSSR count). The van der Waals surface area contributed by atoms with Gasteiger partial charge in [-0.1, -0.05) is 12.2 Å². The number of aliphatic carboxylic acids is 1. The van der Waals surface area contributed by atoms with Crippen LogP contribution in [0.3, 0.4) is 0 Å². The number of carbonyl (C=O) groups is 2.